The van der Waals surface area contributed by atoms with Crippen molar-refractivity contribution in [2.75, 3.05) is 17.4 Å². The molecular weight excluding hydrogens is 340 g/mol. The minimum absolute atomic E-state index is 0.00892. The van der Waals surface area contributed by atoms with E-state index in [0.29, 0.717) is 17.7 Å². The van der Waals surface area contributed by atoms with Gasteiger partial charge >= 0.3 is 0 Å². The molecule has 0 aliphatic heterocycles. The van der Waals surface area contributed by atoms with Crippen molar-refractivity contribution in [1.29, 1.82) is 0 Å². The van der Waals surface area contributed by atoms with Crippen LogP contribution in [0.3, 0.4) is 0 Å². The zero-order valence-corrected chi connectivity index (χ0v) is 14.4. The van der Waals surface area contributed by atoms with E-state index in [9.17, 15) is 14.4 Å². The number of carbonyl (C=O) groups is 2. The molecule has 2 aromatic rings. The third-order valence-electron chi connectivity index (χ3n) is 3.66. The minimum Gasteiger partial charge on any atom is -0.497 e. The van der Waals surface area contributed by atoms with Gasteiger partial charge in [-0.05, 0) is 31.2 Å². The van der Waals surface area contributed by atoms with Crippen LogP contribution >= 0.6 is 0 Å². The number of H-pyrrole nitrogens is 1. The number of amides is 1. The molecule has 1 aromatic carbocycles. The van der Waals surface area contributed by atoms with Gasteiger partial charge in [0.15, 0.2) is 5.82 Å². The monoisotopic (exact) mass is 360 g/mol. The lowest BCUT2D eigenvalue weighted by Gasteiger charge is -2.23. The Balaban J connectivity index is 2.45. The largest absolute Gasteiger partial charge is 0.497 e. The number of anilines is 3. The number of hydrazine groups is 1. The van der Waals surface area contributed by atoms with Crippen molar-refractivity contribution >= 4 is 29.6 Å². The molecule has 1 heterocycles. The maximum absolute atomic E-state index is 12.3. The standard InChI is InChI=1S/C16H20N6O4/c1-9(7-8-23)22(18)16-20-14(12(13(17)24)15(25)21-16)19-10-3-5-11(26-2)6-4-10/h3-6,8-9H,7,18H2,1-2H3,(H2,17,24)(H2,19,20,21,25)/t9-/m1/s1. The SMILES string of the molecule is COc1ccc(Nc2nc(N(N)[C@H](C)CC=O)[nH]c(=O)c2C(N)=O)cc1. The van der Waals surface area contributed by atoms with Crippen LogP contribution < -0.4 is 32.2 Å². The highest BCUT2D eigenvalue weighted by Gasteiger charge is 2.20. The smallest absolute Gasteiger partial charge is 0.267 e. The summed E-state index contributed by atoms with van der Waals surface area (Å²) in [7, 11) is 1.54. The third kappa shape index (κ3) is 4.16. The van der Waals surface area contributed by atoms with E-state index in [0.717, 1.165) is 5.01 Å². The van der Waals surface area contributed by atoms with Crippen molar-refractivity contribution in [2.24, 2.45) is 11.6 Å². The van der Waals surface area contributed by atoms with Gasteiger partial charge in [0.05, 0.1) is 13.2 Å². The summed E-state index contributed by atoms with van der Waals surface area (Å²) in [4.78, 5) is 41.2. The Morgan fingerprint density at radius 2 is 2.08 bits per heavy atom. The van der Waals surface area contributed by atoms with Crippen molar-refractivity contribution in [3.63, 3.8) is 0 Å². The first-order valence-corrected chi connectivity index (χ1v) is 7.70. The van der Waals surface area contributed by atoms with Crippen LogP contribution in [0.2, 0.25) is 0 Å². The highest BCUT2D eigenvalue weighted by molar-refractivity contribution is 5.98. The lowest BCUT2D eigenvalue weighted by atomic mass is 10.2. The zero-order valence-electron chi connectivity index (χ0n) is 14.4. The number of hydrogen-bond acceptors (Lipinski definition) is 8. The minimum atomic E-state index is -0.939. The molecule has 10 nitrogen and oxygen atoms in total. The first-order valence-electron chi connectivity index (χ1n) is 7.70. The van der Waals surface area contributed by atoms with Gasteiger partial charge in [0, 0.05) is 12.1 Å². The Labute approximate surface area is 149 Å². The van der Waals surface area contributed by atoms with E-state index in [2.05, 4.69) is 15.3 Å². The van der Waals surface area contributed by atoms with Crippen molar-refractivity contribution in [3.05, 3.63) is 40.2 Å². The highest BCUT2D eigenvalue weighted by Crippen LogP contribution is 2.21. The fourth-order valence-electron chi connectivity index (χ4n) is 2.18. The van der Waals surface area contributed by atoms with Crippen LogP contribution in [0, 0.1) is 0 Å². The molecule has 0 saturated carbocycles. The molecule has 138 valence electrons. The van der Waals surface area contributed by atoms with Crippen molar-refractivity contribution < 1.29 is 14.3 Å². The maximum atomic E-state index is 12.3. The Hall–Kier alpha value is -3.40. The van der Waals surface area contributed by atoms with E-state index in [1.165, 1.54) is 7.11 Å². The van der Waals surface area contributed by atoms with Crippen LogP contribution in [0.1, 0.15) is 23.7 Å². The van der Waals surface area contributed by atoms with Crippen LogP contribution in [-0.4, -0.2) is 35.3 Å². The summed E-state index contributed by atoms with van der Waals surface area (Å²) in [6.45, 7) is 1.69. The summed E-state index contributed by atoms with van der Waals surface area (Å²) in [5.74, 6) is 5.55. The number of rotatable bonds is 8. The van der Waals surface area contributed by atoms with Gasteiger partial charge < -0.3 is 20.6 Å². The number of aromatic amines is 1. The van der Waals surface area contributed by atoms with E-state index in [1.54, 1.807) is 31.2 Å². The predicted octanol–water partition coefficient (Wildman–Crippen LogP) is 0.279. The van der Waals surface area contributed by atoms with Crippen molar-refractivity contribution in [1.82, 2.24) is 9.97 Å². The predicted molar refractivity (Wildman–Crippen MR) is 96.5 cm³/mol. The summed E-state index contributed by atoms with van der Waals surface area (Å²) in [5, 5.41) is 4.01. The molecule has 0 saturated heterocycles. The number of carbonyl (C=O) groups excluding carboxylic acids is 2. The highest BCUT2D eigenvalue weighted by atomic mass is 16.5. The second-order valence-electron chi connectivity index (χ2n) is 5.49. The Morgan fingerprint density at radius 1 is 1.42 bits per heavy atom. The molecular formula is C16H20N6O4. The molecule has 1 atom stereocenters. The number of nitrogens with one attached hydrogen (secondary N) is 2. The number of primary amides is 1. The van der Waals surface area contributed by atoms with Crippen LogP contribution in [0.5, 0.6) is 5.75 Å². The van der Waals surface area contributed by atoms with Gasteiger partial charge in [0.25, 0.3) is 11.5 Å². The van der Waals surface area contributed by atoms with E-state index in [1.807, 2.05) is 0 Å². The number of hydrogen-bond donors (Lipinski definition) is 4. The van der Waals surface area contributed by atoms with E-state index < -0.39 is 17.5 Å². The molecule has 0 aliphatic carbocycles. The topological polar surface area (TPSA) is 156 Å². The molecule has 0 bridgehead atoms. The summed E-state index contributed by atoms with van der Waals surface area (Å²) in [6.07, 6.45) is 0.843. The first-order chi connectivity index (χ1) is 12.4. The zero-order chi connectivity index (χ0) is 19.3. The fraction of sp³-hybridized carbons (Fsp3) is 0.250. The van der Waals surface area contributed by atoms with E-state index >= 15 is 0 Å². The Kier molecular flexibility index (Phi) is 5.91. The molecule has 0 fully saturated rings. The van der Waals surface area contributed by atoms with Gasteiger partial charge in [-0.1, -0.05) is 0 Å². The average molecular weight is 360 g/mol. The Bertz CT molecular complexity index is 849. The van der Waals surface area contributed by atoms with Crippen LogP contribution in [0.4, 0.5) is 17.5 Å². The van der Waals surface area contributed by atoms with Gasteiger partial charge in [0.1, 0.15) is 17.6 Å². The third-order valence-corrected chi connectivity index (χ3v) is 3.66. The molecule has 1 amide bonds. The van der Waals surface area contributed by atoms with Gasteiger partial charge in [-0.25, -0.2) is 5.84 Å². The molecule has 6 N–H and O–H groups in total. The molecule has 1 aromatic heterocycles. The van der Waals surface area contributed by atoms with Gasteiger partial charge in [0.2, 0.25) is 5.95 Å². The van der Waals surface area contributed by atoms with Crippen molar-refractivity contribution in [3.8, 4) is 5.75 Å². The second kappa shape index (κ2) is 8.12. The quantitative estimate of drug-likeness (QED) is 0.297. The number of benzene rings is 1. The summed E-state index contributed by atoms with van der Waals surface area (Å²) >= 11 is 0. The molecule has 10 heteroatoms. The van der Waals surface area contributed by atoms with E-state index in [4.69, 9.17) is 16.3 Å². The Morgan fingerprint density at radius 3 is 2.62 bits per heavy atom. The maximum Gasteiger partial charge on any atom is 0.267 e. The van der Waals surface area contributed by atoms with Crippen molar-refractivity contribution in [2.45, 2.75) is 19.4 Å². The summed E-state index contributed by atoms with van der Waals surface area (Å²) in [5.41, 5.74) is 4.78. The molecule has 2 rings (SSSR count). The fourth-order valence-corrected chi connectivity index (χ4v) is 2.18. The molecule has 0 spiro atoms. The first kappa shape index (κ1) is 18.9. The molecule has 0 aliphatic rings. The molecule has 0 radical (unpaired) electrons. The van der Waals surface area contributed by atoms with Crippen LogP contribution in [0.15, 0.2) is 29.1 Å². The average Bonchev–Trinajstić information content (AvgIpc) is 2.61. The normalized spacial score (nSPS) is 11.5. The lowest BCUT2D eigenvalue weighted by molar-refractivity contribution is -0.108. The molecule has 26 heavy (non-hydrogen) atoms. The number of ether oxygens (including phenoxy) is 1. The molecule has 0 unspecified atom stereocenters. The number of nitrogens with two attached hydrogens (primary N) is 2. The van der Waals surface area contributed by atoms with Crippen LogP contribution in [0.25, 0.3) is 0 Å². The summed E-state index contributed by atoms with van der Waals surface area (Å²) in [6, 6.07) is 6.34. The number of aromatic nitrogens is 2. The van der Waals surface area contributed by atoms with E-state index in [-0.39, 0.29) is 23.8 Å². The summed E-state index contributed by atoms with van der Waals surface area (Å²) < 4.78 is 5.08. The van der Waals surface area contributed by atoms with Gasteiger partial charge in [-0.15, -0.1) is 0 Å². The number of nitrogens with zero attached hydrogens (tertiary/aromatic N) is 2. The van der Waals surface area contributed by atoms with Crippen LogP contribution in [-0.2, 0) is 4.79 Å². The van der Waals surface area contributed by atoms with Gasteiger partial charge in [-0.2, -0.15) is 4.98 Å². The number of methoxy groups -OCH3 is 1. The lowest BCUT2D eigenvalue weighted by Crippen LogP contribution is -2.42. The van der Waals surface area contributed by atoms with Gasteiger partial charge in [-0.3, -0.25) is 19.6 Å². The second-order valence-corrected chi connectivity index (χ2v) is 5.49. The number of aldehydes is 1.